The van der Waals surface area contributed by atoms with Crippen molar-refractivity contribution in [3.05, 3.63) is 128 Å². The summed E-state index contributed by atoms with van der Waals surface area (Å²) in [6.07, 6.45) is -11.6. The number of benzene rings is 3. The molecule has 0 radical (unpaired) electrons. The van der Waals surface area contributed by atoms with Crippen molar-refractivity contribution in [1.29, 1.82) is 0 Å². The molecule has 2 aliphatic carbocycles. The SMILES string of the molecule is Cc1cc(C)c(C(C)(C)CC(=O)C(c2nn(CC(F)(F)F)c3c(-c4ccc(CCC(C)(C)S(C)(=O)=O)nc4[C@@H](CC(=O)Cn4nc(C(F)(F)F)c5c4C(F)(F)C4C[C@H]54)Cc4cc(F)cc(F)c4)ccc(Cl)c23)S(C)(=O)=O)c(OP(=O)(O)O)c1. The third-order valence-corrected chi connectivity index (χ3v) is 19.5. The van der Waals surface area contributed by atoms with Crippen LogP contribution in [-0.2, 0) is 77.3 Å². The van der Waals surface area contributed by atoms with Gasteiger partial charge in [-0.25, -0.2) is 30.2 Å². The summed E-state index contributed by atoms with van der Waals surface area (Å²) in [5, 5.41) is 4.21. The van der Waals surface area contributed by atoms with Crippen LogP contribution in [0, 0.1) is 31.4 Å². The molecule has 8 rings (SSSR count). The Labute approximate surface area is 474 Å². The molecule has 450 valence electrons. The standard InChI is InChI=1S/C54H55ClF10N5O10PS2/c1-26-15-27(2)43(40(16-26)80-81(73,74)75)50(3,4)23-39(72)47(82(7,76)77)45-42-38(55)12-11-35(46(42)70(67-45)25-52(58,59)60)34-10-9-32(13-14-51(5,6)83(8,78)79)66-44(34)29(17-28-18-30(56)21-31(57)19-28)20-33(71)24-69-49-41(48(68-69)54(63,64)65)36-22-37(36)53(49,61)62/h9-12,15-16,18-19,21,29,36-37,47H,13-14,17,20,22-25H2,1-8H3,(H2,73,74,75)/t29-,36+,37?,47?/m1/s1. The van der Waals surface area contributed by atoms with Crippen molar-refractivity contribution in [2.45, 2.75) is 139 Å². The zero-order valence-corrected chi connectivity index (χ0v) is 48.8. The van der Waals surface area contributed by atoms with Crippen LogP contribution in [0.25, 0.3) is 22.0 Å². The Kier molecular flexibility index (Phi) is 16.5. The van der Waals surface area contributed by atoms with Crippen LogP contribution in [0.1, 0.15) is 127 Å². The smallest absolute Gasteiger partial charge is 0.404 e. The van der Waals surface area contributed by atoms with Crippen molar-refractivity contribution >= 4 is 61.6 Å². The Bertz CT molecular complexity index is 3900. The molecule has 29 heteroatoms. The quantitative estimate of drug-likeness (QED) is 0.0507. The highest BCUT2D eigenvalue weighted by molar-refractivity contribution is 7.92. The maximum atomic E-state index is 15.8. The maximum Gasteiger partial charge on any atom is 0.524 e. The molecule has 15 nitrogen and oxygen atoms in total. The molecule has 2 unspecified atom stereocenters. The predicted molar refractivity (Wildman–Crippen MR) is 284 cm³/mol. The molecule has 4 atom stereocenters. The Morgan fingerprint density at radius 1 is 0.880 bits per heavy atom. The summed E-state index contributed by atoms with van der Waals surface area (Å²) >= 11 is 6.84. The van der Waals surface area contributed by atoms with Crippen LogP contribution in [0.2, 0.25) is 5.02 Å². The van der Waals surface area contributed by atoms with Gasteiger partial charge in [0, 0.05) is 82.0 Å². The third kappa shape index (κ3) is 13.2. The topological polar surface area (TPSA) is 218 Å². The number of aromatic nitrogens is 5. The number of hydrogen-bond acceptors (Lipinski definition) is 11. The Morgan fingerprint density at radius 2 is 1.51 bits per heavy atom. The third-order valence-electron chi connectivity index (χ3n) is 15.2. The summed E-state index contributed by atoms with van der Waals surface area (Å²) in [6.45, 7) is 5.63. The number of alkyl halides is 8. The Hall–Kier alpha value is -5.73. The number of carbonyl (C=O) groups excluding carboxylic acids is 2. The first-order valence-electron chi connectivity index (χ1n) is 25.4. The number of ketones is 2. The molecular formula is C54H55ClF10N5O10PS2. The number of halogens is 11. The number of sulfone groups is 2. The molecule has 0 bridgehead atoms. The number of hydrogen-bond donors (Lipinski definition) is 2. The lowest BCUT2D eigenvalue weighted by Crippen LogP contribution is -2.31. The van der Waals surface area contributed by atoms with Crippen LogP contribution in [0.4, 0.5) is 43.9 Å². The van der Waals surface area contributed by atoms with Crippen molar-refractivity contribution in [2.24, 2.45) is 5.92 Å². The van der Waals surface area contributed by atoms with Gasteiger partial charge in [0.25, 0.3) is 5.92 Å². The first-order chi connectivity index (χ1) is 37.9. The summed E-state index contributed by atoms with van der Waals surface area (Å²) < 4.78 is 219. The second kappa shape index (κ2) is 21.7. The maximum absolute atomic E-state index is 15.8. The van der Waals surface area contributed by atoms with Crippen molar-refractivity contribution < 1.29 is 89.2 Å². The number of phosphoric ester groups is 1. The summed E-state index contributed by atoms with van der Waals surface area (Å²) in [4.78, 5) is 53.7. The van der Waals surface area contributed by atoms with Gasteiger partial charge in [0.15, 0.2) is 42.2 Å². The highest BCUT2D eigenvalue weighted by Gasteiger charge is 2.68. The largest absolute Gasteiger partial charge is 0.524 e. The number of aryl methyl sites for hydroxylation is 3. The molecule has 1 fully saturated rings. The van der Waals surface area contributed by atoms with Crippen LogP contribution in [-0.4, -0.2) is 86.2 Å². The van der Waals surface area contributed by atoms with Gasteiger partial charge >= 0.3 is 20.2 Å². The number of carbonyl (C=O) groups is 2. The monoisotopic (exact) mass is 1250 g/mol. The molecule has 0 amide bonds. The fourth-order valence-corrected chi connectivity index (χ4v) is 13.6. The van der Waals surface area contributed by atoms with E-state index in [2.05, 4.69) is 10.2 Å². The van der Waals surface area contributed by atoms with Gasteiger partial charge in [-0.3, -0.25) is 33.7 Å². The first-order valence-corrected chi connectivity index (χ1v) is 31.2. The fourth-order valence-electron chi connectivity index (χ4n) is 11.4. The lowest BCUT2D eigenvalue weighted by Gasteiger charge is -2.30. The number of nitrogens with zero attached hydrogens (tertiary/aromatic N) is 5. The summed E-state index contributed by atoms with van der Waals surface area (Å²) in [6, 6.07) is 10.0. The highest BCUT2D eigenvalue weighted by Crippen LogP contribution is 2.68. The normalized spacial score (nSPS) is 17.4. The number of pyridine rings is 1. The molecular weight excluding hydrogens is 1200 g/mol. The summed E-state index contributed by atoms with van der Waals surface area (Å²) in [7, 11) is -13.8. The number of phosphoric acid groups is 1. The van der Waals surface area contributed by atoms with Crippen molar-refractivity contribution in [2.75, 3.05) is 12.5 Å². The van der Waals surface area contributed by atoms with Crippen molar-refractivity contribution in [3.63, 3.8) is 0 Å². The van der Waals surface area contributed by atoms with Gasteiger partial charge in [-0.1, -0.05) is 43.6 Å². The molecule has 2 N–H and O–H groups in total. The van der Waals surface area contributed by atoms with Crippen molar-refractivity contribution in [1.82, 2.24) is 24.5 Å². The average molecular weight is 1250 g/mol. The van der Waals surface area contributed by atoms with Gasteiger partial charge in [0.1, 0.15) is 36.2 Å². The molecule has 0 aliphatic heterocycles. The van der Waals surface area contributed by atoms with Gasteiger partial charge in [-0.15, -0.1) is 0 Å². The molecule has 83 heavy (non-hydrogen) atoms. The first kappa shape index (κ1) is 63.3. The van der Waals surface area contributed by atoms with Crippen LogP contribution < -0.4 is 4.52 Å². The van der Waals surface area contributed by atoms with Gasteiger partial charge in [-0.05, 0) is 106 Å². The van der Waals surface area contributed by atoms with Gasteiger partial charge in [-0.2, -0.15) is 45.3 Å². The molecule has 0 saturated heterocycles. The number of Topliss-reactive ketones (excluding diaryl/α,β-unsaturated/α-hetero) is 2. The van der Waals surface area contributed by atoms with Crippen LogP contribution in [0.3, 0.4) is 0 Å². The molecule has 3 heterocycles. The van der Waals surface area contributed by atoms with E-state index in [-0.39, 0.29) is 63.3 Å². The molecule has 3 aromatic carbocycles. The van der Waals surface area contributed by atoms with E-state index in [1.807, 2.05) is 0 Å². The zero-order chi connectivity index (χ0) is 61.9. The van der Waals surface area contributed by atoms with E-state index in [1.165, 1.54) is 58.9 Å². The van der Waals surface area contributed by atoms with Gasteiger partial charge in [0.05, 0.1) is 26.7 Å². The van der Waals surface area contributed by atoms with Crippen LogP contribution in [0.5, 0.6) is 5.75 Å². The van der Waals surface area contributed by atoms with Crippen LogP contribution >= 0.6 is 19.4 Å². The van der Waals surface area contributed by atoms with E-state index in [0.717, 1.165) is 24.5 Å². The van der Waals surface area contributed by atoms with E-state index < -0.39 is 173 Å². The second-order valence-electron chi connectivity index (χ2n) is 22.8. The van der Waals surface area contributed by atoms with E-state index >= 15 is 17.6 Å². The highest BCUT2D eigenvalue weighted by atomic mass is 35.5. The van der Waals surface area contributed by atoms with Gasteiger partial charge in [0.2, 0.25) is 0 Å². The minimum Gasteiger partial charge on any atom is -0.404 e. The second-order valence-corrected chi connectivity index (χ2v) is 29.1. The number of rotatable bonds is 21. The lowest BCUT2D eigenvalue weighted by molar-refractivity contribution is -0.143. The van der Waals surface area contributed by atoms with Crippen LogP contribution in [0.15, 0.2) is 54.6 Å². The zero-order valence-electron chi connectivity index (χ0n) is 45.5. The van der Waals surface area contributed by atoms with E-state index in [9.17, 15) is 67.1 Å². The molecule has 2 aliphatic rings. The van der Waals surface area contributed by atoms with E-state index in [1.54, 1.807) is 13.0 Å². The lowest BCUT2D eigenvalue weighted by atomic mass is 9.76. The molecule has 3 aromatic heterocycles. The van der Waals surface area contributed by atoms with Crippen molar-refractivity contribution in [3.8, 4) is 16.9 Å². The molecule has 6 aromatic rings. The van der Waals surface area contributed by atoms with E-state index in [0.29, 0.717) is 28.1 Å². The van der Waals surface area contributed by atoms with E-state index in [4.69, 9.17) is 21.1 Å². The average Bonchev–Trinajstić information content (AvgIpc) is 1.70. The Morgan fingerprint density at radius 3 is 2.08 bits per heavy atom. The predicted octanol–water partition coefficient (Wildman–Crippen LogP) is 11.9. The molecule has 0 spiro atoms. The summed E-state index contributed by atoms with van der Waals surface area (Å²) in [5.74, 6) is -12.9. The Balaban J connectivity index is 1.34. The minimum atomic E-state index is -5.25. The number of fused-ring (bicyclic) bond motifs is 4. The minimum absolute atomic E-state index is 0.0613. The summed E-state index contributed by atoms with van der Waals surface area (Å²) in [5.41, 5.74) is -6.41. The van der Waals surface area contributed by atoms with Gasteiger partial charge < -0.3 is 4.52 Å². The fraction of sp³-hybridized carbons (Fsp3) is 0.463. The molecule has 1 saturated carbocycles.